The molecule has 0 fully saturated rings. The van der Waals surface area contributed by atoms with Gasteiger partial charge >= 0.3 is 5.97 Å². The van der Waals surface area contributed by atoms with Crippen molar-refractivity contribution in [3.8, 4) is 11.5 Å². The minimum atomic E-state index is -0.883. The molecule has 0 atom stereocenters. The Balaban J connectivity index is 2.46. The molecule has 0 spiro atoms. The largest absolute Gasteiger partial charge is 0.481 e. The van der Waals surface area contributed by atoms with Crippen LogP contribution in [-0.2, 0) is 10.3 Å². The number of hydrogen-bond acceptors (Lipinski definition) is 5. The van der Waals surface area contributed by atoms with Gasteiger partial charge in [0.25, 0.3) is 0 Å². The first-order chi connectivity index (χ1) is 9.79. The number of rotatable bonds is 4. The molecule has 0 saturated heterocycles. The van der Waals surface area contributed by atoms with Crippen molar-refractivity contribution >= 4 is 33.7 Å². The summed E-state index contributed by atoms with van der Waals surface area (Å²) >= 11 is 4.50. The maximum absolute atomic E-state index is 10.8. The molecule has 2 heterocycles. The van der Waals surface area contributed by atoms with Gasteiger partial charge in [-0.25, -0.2) is 0 Å². The highest BCUT2D eigenvalue weighted by Crippen LogP contribution is 2.30. The van der Waals surface area contributed by atoms with E-state index in [-0.39, 0.29) is 11.3 Å². The number of carboxylic acid groups (broad SMARTS) is 1. The summed E-state index contributed by atoms with van der Waals surface area (Å²) in [5.41, 5.74) is 0.414. The minimum absolute atomic E-state index is 0.0536. The van der Waals surface area contributed by atoms with Crippen LogP contribution in [0, 0.1) is 0 Å². The maximum atomic E-state index is 10.8. The third-order valence-electron chi connectivity index (χ3n) is 2.59. The van der Waals surface area contributed by atoms with E-state index in [4.69, 9.17) is 5.11 Å². The molecule has 8 heteroatoms. The van der Waals surface area contributed by atoms with Crippen molar-refractivity contribution in [2.45, 2.75) is 31.5 Å². The van der Waals surface area contributed by atoms with E-state index < -0.39 is 5.97 Å². The van der Waals surface area contributed by atoms with E-state index in [1.54, 1.807) is 6.20 Å². The van der Waals surface area contributed by atoms with E-state index in [2.05, 4.69) is 31.1 Å². The molecule has 0 aliphatic carbocycles. The molecule has 0 aliphatic heterocycles. The van der Waals surface area contributed by atoms with Gasteiger partial charge in [-0.05, 0) is 48.8 Å². The number of thioether (sulfide) groups is 1. The average molecular weight is 371 g/mol. The molecule has 0 unspecified atom stereocenters. The average Bonchev–Trinajstić information content (AvgIpc) is 2.81. The van der Waals surface area contributed by atoms with E-state index in [9.17, 15) is 4.79 Å². The molecule has 0 bridgehead atoms. The topological polar surface area (TPSA) is 80.9 Å². The van der Waals surface area contributed by atoms with Crippen LogP contribution in [0.4, 0.5) is 0 Å². The highest BCUT2D eigenvalue weighted by molar-refractivity contribution is 9.10. The number of carboxylic acids is 1. The molecule has 6 nitrogen and oxygen atoms in total. The van der Waals surface area contributed by atoms with Crippen LogP contribution in [0.2, 0.25) is 0 Å². The second-order valence-corrected chi connectivity index (χ2v) is 7.21. The molecular formula is C13H15BrN4O2S. The van der Waals surface area contributed by atoms with E-state index in [1.165, 1.54) is 0 Å². The second kappa shape index (κ2) is 6.15. The molecule has 0 saturated carbocycles. The Labute approximate surface area is 135 Å². The quantitative estimate of drug-likeness (QED) is 0.833. The normalized spacial score (nSPS) is 11.6. The number of hydrogen-bond donors (Lipinski definition) is 1. The zero-order valence-corrected chi connectivity index (χ0v) is 14.3. The fourth-order valence-corrected chi connectivity index (χ4v) is 2.84. The molecule has 2 aromatic heterocycles. The van der Waals surface area contributed by atoms with Gasteiger partial charge in [-0.3, -0.25) is 14.3 Å². The summed E-state index contributed by atoms with van der Waals surface area (Å²) in [5.74, 6) is -0.309. The Morgan fingerprint density at radius 2 is 2.10 bits per heavy atom. The van der Waals surface area contributed by atoms with Crippen LogP contribution in [0.15, 0.2) is 28.0 Å². The zero-order chi connectivity index (χ0) is 15.6. The molecule has 2 aromatic rings. The summed E-state index contributed by atoms with van der Waals surface area (Å²) in [5, 5.41) is 17.7. The van der Waals surface area contributed by atoms with E-state index in [1.807, 2.05) is 37.5 Å². The molecule has 1 N–H and O–H groups in total. The van der Waals surface area contributed by atoms with Crippen LogP contribution in [0.1, 0.15) is 20.8 Å². The third kappa shape index (κ3) is 3.82. The van der Waals surface area contributed by atoms with Gasteiger partial charge in [0.15, 0.2) is 11.0 Å². The van der Waals surface area contributed by atoms with Gasteiger partial charge in [0.1, 0.15) is 5.69 Å². The third-order valence-corrected chi connectivity index (χ3v) is 3.97. The fraction of sp³-hybridized carbons (Fsp3) is 0.385. The van der Waals surface area contributed by atoms with Crippen molar-refractivity contribution in [3.63, 3.8) is 0 Å². The number of carbonyl (C=O) groups is 1. The molecule has 0 amide bonds. The second-order valence-electron chi connectivity index (χ2n) is 5.36. The van der Waals surface area contributed by atoms with Crippen LogP contribution in [0.25, 0.3) is 11.5 Å². The SMILES string of the molecule is CC(C)(C)n1c(SCC(=O)O)nnc1-c1ccc(Br)cn1. The van der Waals surface area contributed by atoms with Crippen LogP contribution in [0.3, 0.4) is 0 Å². The molecule has 2 rings (SSSR count). The van der Waals surface area contributed by atoms with E-state index in [0.717, 1.165) is 16.2 Å². The fourth-order valence-electron chi connectivity index (χ4n) is 1.77. The zero-order valence-electron chi connectivity index (χ0n) is 11.9. The van der Waals surface area contributed by atoms with Gasteiger partial charge in [-0.2, -0.15) is 0 Å². The first-order valence-electron chi connectivity index (χ1n) is 6.21. The van der Waals surface area contributed by atoms with Crippen molar-refractivity contribution in [1.82, 2.24) is 19.7 Å². The summed E-state index contributed by atoms with van der Waals surface area (Å²) in [7, 11) is 0. The lowest BCUT2D eigenvalue weighted by molar-refractivity contribution is -0.133. The van der Waals surface area contributed by atoms with Crippen molar-refractivity contribution in [3.05, 3.63) is 22.8 Å². The van der Waals surface area contributed by atoms with Crippen LogP contribution < -0.4 is 0 Å². The van der Waals surface area contributed by atoms with Crippen LogP contribution >= 0.6 is 27.7 Å². The predicted molar refractivity (Wildman–Crippen MR) is 84.3 cm³/mol. The molecule has 0 radical (unpaired) electrons. The number of aromatic nitrogens is 4. The molecule has 0 aromatic carbocycles. The molecule has 112 valence electrons. The summed E-state index contributed by atoms with van der Waals surface area (Å²) < 4.78 is 2.80. The minimum Gasteiger partial charge on any atom is -0.481 e. The lowest BCUT2D eigenvalue weighted by atomic mass is 10.1. The van der Waals surface area contributed by atoms with Gasteiger partial charge in [0.05, 0.1) is 5.75 Å². The number of pyridine rings is 1. The maximum Gasteiger partial charge on any atom is 0.313 e. The standard InChI is InChI=1S/C13H15BrN4O2S/c1-13(2,3)18-11(9-5-4-8(14)6-15-9)16-17-12(18)21-7-10(19)20/h4-6H,7H2,1-3H3,(H,19,20). The first kappa shape index (κ1) is 16.0. The van der Waals surface area contributed by atoms with Gasteiger partial charge < -0.3 is 5.11 Å². The Kier molecular flexibility index (Phi) is 4.67. The number of aliphatic carboxylic acids is 1. The Morgan fingerprint density at radius 1 is 1.38 bits per heavy atom. The van der Waals surface area contributed by atoms with Gasteiger partial charge in [-0.1, -0.05) is 11.8 Å². The Bertz CT molecular complexity index is 649. The van der Waals surface area contributed by atoms with Crippen LogP contribution in [-0.4, -0.2) is 36.6 Å². The number of nitrogens with zero attached hydrogens (tertiary/aromatic N) is 4. The Hall–Kier alpha value is -1.41. The summed E-state index contributed by atoms with van der Waals surface area (Å²) in [6.45, 7) is 6.05. The smallest absolute Gasteiger partial charge is 0.313 e. The highest BCUT2D eigenvalue weighted by Gasteiger charge is 2.25. The number of halogens is 1. The lowest BCUT2D eigenvalue weighted by Gasteiger charge is -2.24. The van der Waals surface area contributed by atoms with Crippen molar-refractivity contribution < 1.29 is 9.90 Å². The summed E-state index contributed by atoms with van der Waals surface area (Å²) in [6, 6.07) is 3.73. The van der Waals surface area contributed by atoms with E-state index >= 15 is 0 Å². The molecule has 0 aliphatic rings. The highest BCUT2D eigenvalue weighted by atomic mass is 79.9. The monoisotopic (exact) mass is 370 g/mol. The van der Waals surface area contributed by atoms with Gasteiger partial charge in [0.2, 0.25) is 0 Å². The first-order valence-corrected chi connectivity index (χ1v) is 7.99. The van der Waals surface area contributed by atoms with Crippen molar-refractivity contribution in [1.29, 1.82) is 0 Å². The summed E-state index contributed by atoms with van der Waals surface area (Å²) in [6.07, 6.45) is 1.70. The van der Waals surface area contributed by atoms with Crippen molar-refractivity contribution in [2.75, 3.05) is 5.75 Å². The Morgan fingerprint density at radius 3 is 2.62 bits per heavy atom. The van der Waals surface area contributed by atoms with Crippen molar-refractivity contribution in [2.24, 2.45) is 0 Å². The van der Waals surface area contributed by atoms with Crippen LogP contribution in [0.5, 0.6) is 0 Å². The lowest BCUT2D eigenvalue weighted by Crippen LogP contribution is -2.24. The predicted octanol–water partition coefficient (Wildman–Crippen LogP) is 3.03. The van der Waals surface area contributed by atoms with Gasteiger partial charge in [0, 0.05) is 16.2 Å². The molecular weight excluding hydrogens is 356 g/mol. The van der Waals surface area contributed by atoms with E-state index in [0.29, 0.717) is 16.7 Å². The molecule has 21 heavy (non-hydrogen) atoms. The van der Waals surface area contributed by atoms with Gasteiger partial charge in [-0.15, -0.1) is 10.2 Å². The summed E-state index contributed by atoms with van der Waals surface area (Å²) in [4.78, 5) is 15.1.